The van der Waals surface area contributed by atoms with Crippen LogP contribution in [0.25, 0.3) is 33.4 Å². The molecule has 0 spiro atoms. The van der Waals surface area contributed by atoms with Crippen LogP contribution in [0.1, 0.15) is 33.4 Å². The zero-order valence-corrected chi connectivity index (χ0v) is 20.0. The Morgan fingerprint density at radius 3 is 1.44 bits per heavy atom. The summed E-state index contributed by atoms with van der Waals surface area (Å²) in [6.45, 7) is 2.09. The third-order valence-corrected chi connectivity index (χ3v) is 7.56. The molecular formula is C35H24O. The normalized spacial score (nSPS) is 13.9. The van der Waals surface area contributed by atoms with Gasteiger partial charge in [-0.3, -0.25) is 0 Å². The van der Waals surface area contributed by atoms with Crippen LogP contribution in [0, 0.1) is 6.92 Å². The van der Waals surface area contributed by atoms with Crippen molar-refractivity contribution < 1.29 is 5.11 Å². The van der Waals surface area contributed by atoms with Gasteiger partial charge in [0.25, 0.3) is 0 Å². The number of aliphatic hydroxyl groups is 1. The molecule has 0 aliphatic heterocycles. The molecule has 170 valence electrons. The predicted molar refractivity (Wildman–Crippen MR) is 147 cm³/mol. The minimum absolute atomic E-state index is 0.765. The van der Waals surface area contributed by atoms with Crippen molar-refractivity contribution in [3.63, 3.8) is 0 Å². The third-order valence-electron chi connectivity index (χ3n) is 7.56. The summed E-state index contributed by atoms with van der Waals surface area (Å²) in [6, 6.07) is 41.8. The van der Waals surface area contributed by atoms with E-state index in [4.69, 9.17) is 0 Å². The molecule has 7 rings (SSSR count). The molecule has 2 aliphatic rings. The molecule has 0 amide bonds. The molecule has 36 heavy (non-hydrogen) atoms. The maximum Gasteiger partial charge on any atom is 0.149 e. The molecule has 2 aliphatic carbocycles. The first kappa shape index (κ1) is 20.9. The zero-order valence-electron chi connectivity index (χ0n) is 20.0. The molecule has 0 atom stereocenters. The predicted octanol–water partition coefficient (Wildman–Crippen LogP) is 8.01. The molecule has 0 saturated heterocycles. The minimum atomic E-state index is -1.33. The summed E-state index contributed by atoms with van der Waals surface area (Å²) in [5.41, 5.74) is 15.0. The van der Waals surface area contributed by atoms with Crippen LogP contribution in [-0.4, -0.2) is 5.11 Å². The molecule has 5 aromatic rings. The highest BCUT2D eigenvalue weighted by Gasteiger charge is 2.45. The quantitative estimate of drug-likeness (QED) is 0.260. The van der Waals surface area contributed by atoms with Crippen molar-refractivity contribution in [1.82, 2.24) is 0 Å². The monoisotopic (exact) mass is 460 g/mol. The average Bonchev–Trinajstić information content (AvgIpc) is 3.39. The maximum atomic E-state index is 12.8. The van der Waals surface area contributed by atoms with Crippen LogP contribution in [0.5, 0.6) is 0 Å². The van der Waals surface area contributed by atoms with E-state index in [1.165, 1.54) is 16.7 Å². The fourth-order valence-electron chi connectivity index (χ4n) is 5.85. The van der Waals surface area contributed by atoms with Gasteiger partial charge in [0.1, 0.15) is 5.60 Å². The third kappa shape index (κ3) is 2.88. The molecule has 0 unspecified atom stereocenters. The first-order valence-electron chi connectivity index (χ1n) is 12.4. The van der Waals surface area contributed by atoms with E-state index in [1.807, 2.05) is 36.4 Å². The standard InChI is InChI=1S/C35H24O/c1-23-18-20-24(21-19-23)34(22-31-27-12-4-2-10-25(27)26-11-3-5-13-28(26)31)35(36)32-16-8-6-14-29(32)30-15-7-9-17-33(30)35/h2-21,36H,1H3. The number of benzene rings is 5. The fourth-order valence-corrected chi connectivity index (χ4v) is 5.85. The number of aryl methyl sites for hydroxylation is 1. The fraction of sp³-hybridized carbons (Fsp3) is 0.0571. The van der Waals surface area contributed by atoms with Crippen LogP contribution in [0.4, 0.5) is 0 Å². The first-order chi connectivity index (χ1) is 17.7. The molecule has 0 bridgehead atoms. The highest BCUT2D eigenvalue weighted by Crippen LogP contribution is 2.54. The lowest BCUT2D eigenvalue weighted by Crippen LogP contribution is -2.26. The molecule has 0 fully saturated rings. The first-order valence-corrected chi connectivity index (χ1v) is 12.4. The molecular weight excluding hydrogens is 436 g/mol. The van der Waals surface area contributed by atoms with Crippen molar-refractivity contribution in [3.05, 3.63) is 160 Å². The Kier molecular flexibility index (Phi) is 4.53. The van der Waals surface area contributed by atoms with Crippen molar-refractivity contribution in [2.24, 2.45) is 0 Å². The van der Waals surface area contributed by atoms with Gasteiger partial charge >= 0.3 is 0 Å². The second-order valence-corrected chi connectivity index (χ2v) is 9.63. The van der Waals surface area contributed by atoms with Crippen molar-refractivity contribution in [3.8, 4) is 22.3 Å². The van der Waals surface area contributed by atoms with Gasteiger partial charge in [0.2, 0.25) is 0 Å². The van der Waals surface area contributed by atoms with Gasteiger partial charge in [-0.15, -0.1) is 5.73 Å². The van der Waals surface area contributed by atoms with Gasteiger partial charge in [0.15, 0.2) is 0 Å². The summed E-state index contributed by atoms with van der Waals surface area (Å²) in [7, 11) is 0. The Morgan fingerprint density at radius 2 is 0.944 bits per heavy atom. The maximum absolute atomic E-state index is 12.8. The van der Waals surface area contributed by atoms with Crippen molar-refractivity contribution >= 4 is 11.1 Å². The summed E-state index contributed by atoms with van der Waals surface area (Å²) >= 11 is 0. The molecule has 1 N–H and O–H groups in total. The number of rotatable bonds is 2. The van der Waals surface area contributed by atoms with E-state index in [2.05, 4.69) is 97.6 Å². The van der Waals surface area contributed by atoms with Crippen molar-refractivity contribution in [2.75, 3.05) is 0 Å². The highest BCUT2D eigenvalue weighted by atomic mass is 16.3. The lowest BCUT2D eigenvalue weighted by molar-refractivity contribution is 0.150. The Hall–Kier alpha value is -4.42. The van der Waals surface area contributed by atoms with Crippen LogP contribution in [-0.2, 0) is 5.60 Å². The molecule has 0 heterocycles. The van der Waals surface area contributed by atoms with Crippen LogP contribution in [0.3, 0.4) is 0 Å². The number of hydrogen-bond acceptors (Lipinski definition) is 1. The number of hydrogen-bond donors (Lipinski definition) is 1. The van der Waals surface area contributed by atoms with Crippen LogP contribution >= 0.6 is 0 Å². The van der Waals surface area contributed by atoms with E-state index in [-0.39, 0.29) is 0 Å². The average molecular weight is 461 g/mol. The van der Waals surface area contributed by atoms with Crippen LogP contribution in [0.15, 0.2) is 127 Å². The van der Waals surface area contributed by atoms with E-state index >= 15 is 0 Å². The van der Waals surface area contributed by atoms with Gasteiger partial charge in [0.05, 0.1) is 0 Å². The van der Waals surface area contributed by atoms with E-state index in [9.17, 15) is 5.11 Å². The van der Waals surface area contributed by atoms with E-state index in [0.717, 1.165) is 50.1 Å². The minimum Gasteiger partial charge on any atom is -0.375 e. The zero-order chi connectivity index (χ0) is 24.3. The topological polar surface area (TPSA) is 20.2 Å². The van der Waals surface area contributed by atoms with Crippen molar-refractivity contribution in [2.45, 2.75) is 12.5 Å². The summed E-state index contributed by atoms with van der Waals surface area (Å²) in [6.07, 6.45) is 0. The number of fused-ring (bicyclic) bond motifs is 6. The summed E-state index contributed by atoms with van der Waals surface area (Å²) < 4.78 is 0. The lowest BCUT2D eigenvalue weighted by Gasteiger charge is -2.28. The second kappa shape index (κ2) is 7.80. The Morgan fingerprint density at radius 1 is 0.528 bits per heavy atom. The molecule has 1 heteroatoms. The van der Waals surface area contributed by atoms with Gasteiger partial charge in [-0.2, -0.15) is 0 Å². The van der Waals surface area contributed by atoms with Gasteiger partial charge < -0.3 is 5.11 Å². The van der Waals surface area contributed by atoms with E-state index in [0.29, 0.717) is 0 Å². The lowest BCUT2D eigenvalue weighted by atomic mass is 9.80. The molecule has 0 saturated carbocycles. The van der Waals surface area contributed by atoms with E-state index in [1.54, 1.807) is 0 Å². The Labute approximate surface area is 211 Å². The smallest absolute Gasteiger partial charge is 0.149 e. The largest absolute Gasteiger partial charge is 0.375 e. The van der Waals surface area contributed by atoms with Crippen LogP contribution < -0.4 is 0 Å². The van der Waals surface area contributed by atoms with Gasteiger partial charge in [-0.25, -0.2) is 0 Å². The van der Waals surface area contributed by atoms with Gasteiger partial charge in [-0.1, -0.05) is 127 Å². The second-order valence-electron chi connectivity index (χ2n) is 9.63. The van der Waals surface area contributed by atoms with Crippen LogP contribution in [0.2, 0.25) is 0 Å². The van der Waals surface area contributed by atoms with Gasteiger partial charge in [-0.05, 0) is 45.9 Å². The summed E-state index contributed by atoms with van der Waals surface area (Å²) in [5, 5.41) is 12.8. The molecule has 0 aromatic heterocycles. The van der Waals surface area contributed by atoms with Gasteiger partial charge in [0, 0.05) is 22.3 Å². The summed E-state index contributed by atoms with van der Waals surface area (Å²) in [5.74, 6) is 0. The van der Waals surface area contributed by atoms with Crippen molar-refractivity contribution in [1.29, 1.82) is 0 Å². The molecule has 1 nitrogen and oxygen atoms in total. The highest BCUT2D eigenvalue weighted by molar-refractivity contribution is 6.03. The Balaban J connectivity index is 1.64. The van der Waals surface area contributed by atoms with E-state index < -0.39 is 5.60 Å². The summed E-state index contributed by atoms with van der Waals surface area (Å²) in [4.78, 5) is 0. The molecule has 0 radical (unpaired) electrons. The SMILES string of the molecule is Cc1ccc(C(=C=C2c3ccccc3-c3ccccc32)C2(O)c3ccccc3-c3ccccc32)cc1. The molecule has 5 aromatic carbocycles. The Bertz CT molecular complexity index is 1640.